The number of piperidine rings is 1. The number of carbonyl (C=O) groups excluding carboxylic acids is 1. The predicted octanol–water partition coefficient (Wildman–Crippen LogP) is 2.63. The zero-order chi connectivity index (χ0) is 10.8. The summed E-state index contributed by atoms with van der Waals surface area (Å²) in [4.78, 5) is 17.6. The van der Waals surface area contributed by atoms with Gasteiger partial charge in [0.25, 0.3) is 0 Å². The van der Waals surface area contributed by atoms with Crippen LogP contribution in [0.1, 0.15) is 30.7 Å². The van der Waals surface area contributed by atoms with Crippen molar-refractivity contribution in [3.05, 3.63) is 15.0 Å². The number of aromatic nitrogens is 1. The molecule has 0 spiro atoms. The summed E-state index contributed by atoms with van der Waals surface area (Å²) in [6.07, 6.45) is 4.07. The van der Waals surface area contributed by atoms with Gasteiger partial charge < -0.3 is 4.90 Å². The molecule has 2 rings (SSSR count). The molecule has 1 saturated heterocycles. The van der Waals surface area contributed by atoms with Gasteiger partial charge in [0.1, 0.15) is 0 Å². The molecule has 1 aliphatic heterocycles. The van der Waals surface area contributed by atoms with Crippen molar-refractivity contribution in [2.75, 3.05) is 13.1 Å². The molecule has 0 N–H and O–H groups in total. The standard InChI is InChI=1S/C10H13BrN2OS/c1-7(14)13-4-2-3-8(6-13)10-12-5-9(11)15-10/h5,8H,2-4,6H2,1H3/t8-/m1/s1. The molecule has 0 bridgehead atoms. The molecule has 1 aromatic heterocycles. The van der Waals surface area contributed by atoms with Crippen LogP contribution in [0.3, 0.4) is 0 Å². The number of halogens is 1. The van der Waals surface area contributed by atoms with Crippen molar-refractivity contribution in [2.24, 2.45) is 0 Å². The first-order valence-corrected chi connectivity index (χ1v) is 6.64. The van der Waals surface area contributed by atoms with Crippen molar-refractivity contribution in [3.8, 4) is 0 Å². The van der Waals surface area contributed by atoms with E-state index in [1.807, 2.05) is 11.1 Å². The van der Waals surface area contributed by atoms with Crippen molar-refractivity contribution in [1.29, 1.82) is 0 Å². The lowest BCUT2D eigenvalue weighted by molar-refractivity contribution is -0.130. The van der Waals surface area contributed by atoms with Gasteiger partial charge in [-0.3, -0.25) is 4.79 Å². The summed E-state index contributed by atoms with van der Waals surface area (Å²) in [7, 11) is 0. The van der Waals surface area contributed by atoms with E-state index in [1.54, 1.807) is 18.3 Å². The van der Waals surface area contributed by atoms with E-state index in [0.29, 0.717) is 5.92 Å². The first kappa shape index (κ1) is 11.1. The highest BCUT2D eigenvalue weighted by Crippen LogP contribution is 2.31. The third kappa shape index (κ3) is 2.58. The Bertz CT molecular complexity index is 366. The molecular weight excluding hydrogens is 276 g/mol. The minimum absolute atomic E-state index is 0.176. The maximum Gasteiger partial charge on any atom is 0.219 e. The first-order chi connectivity index (χ1) is 7.16. The van der Waals surface area contributed by atoms with E-state index in [2.05, 4.69) is 20.9 Å². The van der Waals surface area contributed by atoms with Gasteiger partial charge in [0.15, 0.2) is 0 Å². The summed E-state index contributed by atoms with van der Waals surface area (Å²) in [6.45, 7) is 3.37. The molecule has 2 heterocycles. The van der Waals surface area contributed by atoms with Crippen molar-refractivity contribution < 1.29 is 4.79 Å². The van der Waals surface area contributed by atoms with Gasteiger partial charge in [-0.15, -0.1) is 11.3 Å². The fraction of sp³-hybridized carbons (Fsp3) is 0.600. The van der Waals surface area contributed by atoms with E-state index in [-0.39, 0.29) is 5.91 Å². The van der Waals surface area contributed by atoms with Crippen LogP contribution >= 0.6 is 27.3 Å². The molecule has 3 nitrogen and oxygen atoms in total. The molecule has 15 heavy (non-hydrogen) atoms. The van der Waals surface area contributed by atoms with Crippen LogP contribution in [0.5, 0.6) is 0 Å². The van der Waals surface area contributed by atoms with Gasteiger partial charge in [-0.2, -0.15) is 0 Å². The largest absolute Gasteiger partial charge is 0.342 e. The number of carbonyl (C=O) groups is 1. The molecule has 1 aliphatic rings. The third-order valence-corrected chi connectivity index (χ3v) is 4.35. The fourth-order valence-corrected chi connectivity index (χ4v) is 3.29. The van der Waals surface area contributed by atoms with E-state index < -0.39 is 0 Å². The van der Waals surface area contributed by atoms with Crippen LogP contribution in [0.4, 0.5) is 0 Å². The Morgan fingerprint density at radius 2 is 2.53 bits per heavy atom. The number of hydrogen-bond acceptors (Lipinski definition) is 3. The van der Waals surface area contributed by atoms with Crippen LogP contribution in [0.25, 0.3) is 0 Å². The Hall–Kier alpha value is -0.420. The average Bonchev–Trinajstić information content (AvgIpc) is 2.65. The van der Waals surface area contributed by atoms with E-state index in [1.165, 1.54) is 0 Å². The van der Waals surface area contributed by atoms with Gasteiger partial charge in [0, 0.05) is 25.9 Å². The van der Waals surface area contributed by atoms with Crippen LogP contribution in [-0.4, -0.2) is 28.9 Å². The Morgan fingerprint density at radius 3 is 3.13 bits per heavy atom. The molecule has 0 radical (unpaired) electrons. The summed E-state index contributed by atoms with van der Waals surface area (Å²) in [5.41, 5.74) is 0. The highest BCUT2D eigenvalue weighted by Gasteiger charge is 2.24. The molecule has 1 fully saturated rings. The van der Waals surface area contributed by atoms with Crippen molar-refractivity contribution >= 4 is 33.2 Å². The molecule has 1 amide bonds. The van der Waals surface area contributed by atoms with Crippen molar-refractivity contribution in [1.82, 2.24) is 9.88 Å². The van der Waals surface area contributed by atoms with Gasteiger partial charge >= 0.3 is 0 Å². The van der Waals surface area contributed by atoms with Crippen LogP contribution in [-0.2, 0) is 4.79 Å². The number of amides is 1. The second-order valence-electron chi connectivity index (χ2n) is 3.81. The monoisotopic (exact) mass is 288 g/mol. The lowest BCUT2D eigenvalue weighted by Gasteiger charge is -2.30. The summed E-state index contributed by atoms with van der Waals surface area (Å²) < 4.78 is 1.07. The van der Waals surface area contributed by atoms with E-state index in [0.717, 1.165) is 34.7 Å². The molecular formula is C10H13BrN2OS. The minimum atomic E-state index is 0.176. The van der Waals surface area contributed by atoms with Crippen LogP contribution < -0.4 is 0 Å². The van der Waals surface area contributed by atoms with Crippen LogP contribution in [0.2, 0.25) is 0 Å². The summed E-state index contributed by atoms with van der Waals surface area (Å²) in [5.74, 6) is 0.606. The SMILES string of the molecule is CC(=O)N1CCC[C@@H](c2ncc(Br)s2)C1. The minimum Gasteiger partial charge on any atom is -0.342 e. The van der Waals surface area contributed by atoms with Crippen LogP contribution in [0.15, 0.2) is 9.98 Å². The van der Waals surface area contributed by atoms with E-state index >= 15 is 0 Å². The Morgan fingerprint density at radius 1 is 1.73 bits per heavy atom. The topological polar surface area (TPSA) is 33.2 Å². The molecule has 0 saturated carbocycles. The van der Waals surface area contributed by atoms with Gasteiger partial charge in [0.2, 0.25) is 5.91 Å². The second kappa shape index (κ2) is 4.61. The highest BCUT2D eigenvalue weighted by atomic mass is 79.9. The lowest BCUT2D eigenvalue weighted by atomic mass is 9.99. The molecule has 1 aromatic rings. The molecule has 1 atom stereocenters. The molecule has 5 heteroatoms. The van der Waals surface area contributed by atoms with Gasteiger partial charge in [-0.25, -0.2) is 4.98 Å². The smallest absolute Gasteiger partial charge is 0.219 e. The lowest BCUT2D eigenvalue weighted by Crippen LogP contribution is -2.37. The zero-order valence-corrected chi connectivity index (χ0v) is 11.0. The summed E-state index contributed by atoms with van der Waals surface area (Å²) in [6, 6.07) is 0. The van der Waals surface area contributed by atoms with E-state index in [4.69, 9.17) is 0 Å². The normalized spacial score (nSPS) is 21.7. The number of thiazole rings is 1. The quantitative estimate of drug-likeness (QED) is 0.796. The predicted molar refractivity (Wildman–Crippen MR) is 64.0 cm³/mol. The molecule has 82 valence electrons. The Kier molecular flexibility index (Phi) is 3.41. The highest BCUT2D eigenvalue weighted by molar-refractivity contribution is 9.11. The number of likely N-dealkylation sites (tertiary alicyclic amines) is 1. The van der Waals surface area contributed by atoms with Gasteiger partial charge in [-0.05, 0) is 28.8 Å². The molecule has 0 unspecified atom stereocenters. The van der Waals surface area contributed by atoms with Crippen molar-refractivity contribution in [3.63, 3.8) is 0 Å². The average molecular weight is 289 g/mol. The third-order valence-electron chi connectivity index (χ3n) is 2.71. The zero-order valence-electron chi connectivity index (χ0n) is 8.57. The number of rotatable bonds is 1. The first-order valence-electron chi connectivity index (χ1n) is 5.03. The van der Waals surface area contributed by atoms with Crippen molar-refractivity contribution in [2.45, 2.75) is 25.7 Å². The Balaban J connectivity index is 2.07. The van der Waals surface area contributed by atoms with Crippen LogP contribution in [0, 0.1) is 0 Å². The van der Waals surface area contributed by atoms with Gasteiger partial charge in [-0.1, -0.05) is 0 Å². The summed E-state index contributed by atoms with van der Waals surface area (Å²) in [5, 5.41) is 1.15. The Labute approximate surface area is 102 Å². The number of hydrogen-bond donors (Lipinski definition) is 0. The maximum atomic E-state index is 11.3. The fourth-order valence-electron chi connectivity index (χ4n) is 1.92. The van der Waals surface area contributed by atoms with E-state index in [9.17, 15) is 4.79 Å². The molecule has 0 aromatic carbocycles. The van der Waals surface area contributed by atoms with Gasteiger partial charge in [0.05, 0.1) is 15.0 Å². The molecule has 0 aliphatic carbocycles. The second-order valence-corrected chi connectivity index (χ2v) is 6.25. The summed E-state index contributed by atoms with van der Waals surface area (Å²) >= 11 is 5.09. The number of nitrogens with zero attached hydrogens (tertiary/aromatic N) is 2. The maximum absolute atomic E-state index is 11.3.